The molecule has 0 aromatic rings. The lowest BCUT2D eigenvalue weighted by Gasteiger charge is -2.18. The van der Waals surface area contributed by atoms with Gasteiger partial charge in [0.1, 0.15) is 0 Å². The molecule has 0 aliphatic carbocycles. The minimum Gasteiger partial charge on any atom is -0.452 e. The van der Waals surface area contributed by atoms with Gasteiger partial charge in [-0.25, -0.2) is 0 Å². The summed E-state index contributed by atoms with van der Waals surface area (Å²) in [7, 11) is -1.00. The molecule has 1 atom stereocenters. The van der Waals surface area contributed by atoms with Crippen molar-refractivity contribution in [3.8, 4) is 12.3 Å². The summed E-state index contributed by atoms with van der Waals surface area (Å²) in [5.74, 6) is 1.43. The van der Waals surface area contributed by atoms with Crippen molar-refractivity contribution >= 4 is 13.6 Å². The van der Waals surface area contributed by atoms with E-state index in [2.05, 4.69) is 19.7 Å². The van der Waals surface area contributed by atoms with Crippen LogP contribution in [0.25, 0.3) is 0 Å². The summed E-state index contributed by atoms with van der Waals surface area (Å²) in [6.07, 6.45) is 4.89. The molecule has 0 aliphatic rings. The Bertz CT molecular complexity index is 272. The van der Waals surface area contributed by atoms with Gasteiger partial charge in [0.2, 0.25) is 0 Å². The van der Waals surface area contributed by atoms with Crippen LogP contribution in [0.3, 0.4) is 0 Å². The maximum absolute atomic E-state index is 11.7. The number of esters is 1. The standard InChI is InChI=1S/C8H13O5P/c1-5-6-13-8(9)7(2)14(10,11-3)12-4/h1,7H,6H2,2-4H3. The predicted octanol–water partition coefficient (Wildman–Crippen LogP) is 1.04. The zero-order chi connectivity index (χ0) is 11.2. The smallest absolute Gasteiger partial charge is 0.344 e. The van der Waals surface area contributed by atoms with Crippen LogP contribution >= 0.6 is 7.60 Å². The zero-order valence-corrected chi connectivity index (χ0v) is 9.24. The fourth-order valence-electron chi connectivity index (χ4n) is 0.753. The summed E-state index contributed by atoms with van der Waals surface area (Å²) < 4.78 is 25.5. The average molecular weight is 220 g/mol. The van der Waals surface area contributed by atoms with E-state index in [1.165, 1.54) is 21.1 Å². The Kier molecular flexibility index (Phi) is 5.47. The quantitative estimate of drug-likeness (QED) is 0.393. The highest BCUT2D eigenvalue weighted by Crippen LogP contribution is 2.51. The molecule has 0 radical (unpaired) electrons. The van der Waals surface area contributed by atoms with Crippen molar-refractivity contribution in [3.05, 3.63) is 0 Å². The molecule has 0 aromatic heterocycles. The Morgan fingerprint density at radius 3 is 2.36 bits per heavy atom. The Balaban J connectivity index is 4.45. The third-order valence-corrected chi connectivity index (χ3v) is 3.80. The van der Waals surface area contributed by atoms with Crippen LogP contribution in [-0.4, -0.2) is 32.5 Å². The normalized spacial score (nSPS) is 13.0. The molecule has 80 valence electrons. The van der Waals surface area contributed by atoms with Crippen LogP contribution in [0.5, 0.6) is 0 Å². The van der Waals surface area contributed by atoms with Crippen LogP contribution in [0.1, 0.15) is 6.92 Å². The predicted molar refractivity (Wildman–Crippen MR) is 50.9 cm³/mol. The van der Waals surface area contributed by atoms with Crippen LogP contribution < -0.4 is 0 Å². The molecule has 0 saturated carbocycles. The molecular formula is C8H13O5P. The van der Waals surface area contributed by atoms with E-state index in [0.29, 0.717) is 0 Å². The Morgan fingerprint density at radius 1 is 1.50 bits per heavy atom. The minimum absolute atomic E-state index is 0.156. The molecular weight excluding hydrogens is 207 g/mol. The molecule has 0 saturated heterocycles. The topological polar surface area (TPSA) is 61.8 Å². The lowest BCUT2D eigenvalue weighted by Crippen LogP contribution is -2.22. The van der Waals surface area contributed by atoms with Crippen molar-refractivity contribution in [2.45, 2.75) is 12.6 Å². The maximum Gasteiger partial charge on any atom is 0.344 e. The van der Waals surface area contributed by atoms with Crippen molar-refractivity contribution in [2.75, 3.05) is 20.8 Å². The van der Waals surface area contributed by atoms with Gasteiger partial charge in [-0.3, -0.25) is 9.36 Å². The van der Waals surface area contributed by atoms with Crippen molar-refractivity contribution in [2.24, 2.45) is 0 Å². The van der Waals surface area contributed by atoms with Crippen LogP contribution in [-0.2, 0) is 23.1 Å². The van der Waals surface area contributed by atoms with Crippen molar-refractivity contribution in [3.63, 3.8) is 0 Å². The first-order valence-electron chi connectivity index (χ1n) is 3.83. The Hall–Kier alpha value is -0.820. The maximum atomic E-state index is 11.7. The number of rotatable bonds is 5. The van der Waals surface area contributed by atoms with Gasteiger partial charge in [-0.15, -0.1) is 6.42 Å². The molecule has 0 amide bonds. The molecule has 1 unspecified atom stereocenters. The fraction of sp³-hybridized carbons (Fsp3) is 0.625. The second kappa shape index (κ2) is 5.82. The first kappa shape index (κ1) is 13.2. The van der Waals surface area contributed by atoms with Gasteiger partial charge >= 0.3 is 13.6 Å². The molecule has 6 heteroatoms. The summed E-state index contributed by atoms with van der Waals surface area (Å²) in [4.78, 5) is 11.2. The summed E-state index contributed by atoms with van der Waals surface area (Å²) in [5, 5.41) is 0. The number of hydrogen-bond donors (Lipinski definition) is 0. The van der Waals surface area contributed by atoms with E-state index in [0.717, 1.165) is 0 Å². The van der Waals surface area contributed by atoms with E-state index in [-0.39, 0.29) is 6.61 Å². The molecule has 0 rings (SSSR count). The Morgan fingerprint density at radius 2 is 2.00 bits per heavy atom. The van der Waals surface area contributed by atoms with Gasteiger partial charge in [0, 0.05) is 14.2 Å². The van der Waals surface area contributed by atoms with Crippen LogP contribution in [0.2, 0.25) is 0 Å². The highest BCUT2D eigenvalue weighted by Gasteiger charge is 2.36. The van der Waals surface area contributed by atoms with Crippen molar-refractivity contribution in [1.29, 1.82) is 0 Å². The van der Waals surface area contributed by atoms with Crippen LogP contribution in [0.15, 0.2) is 0 Å². The fourth-order valence-corrected chi connectivity index (χ4v) is 1.87. The highest BCUT2D eigenvalue weighted by molar-refractivity contribution is 7.55. The molecule has 0 spiro atoms. The second-order valence-corrected chi connectivity index (χ2v) is 4.98. The van der Waals surface area contributed by atoms with E-state index >= 15 is 0 Å². The summed E-state index contributed by atoms with van der Waals surface area (Å²) in [5.41, 5.74) is -0.981. The first-order valence-corrected chi connectivity index (χ1v) is 5.44. The summed E-state index contributed by atoms with van der Waals surface area (Å²) in [6, 6.07) is 0. The third kappa shape index (κ3) is 3.15. The number of terminal acetylenes is 1. The SMILES string of the molecule is C#CCOC(=O)C(C)P(=O)(OC)OC. The third-order valence-electron chi connectivity index (χ3n) is 1.62. The second-order valence-electron chi connectivity index (χ2n) is 2.39. The molecule has 5 nitrogen and oxygen atoms in total. The molecule has 0 fully saturated rings. The number of hydrogen-bond acceptors (Lipinski definition) is 5. The molecule has 0 N–H and O–H groups in total. The van der Waals surface area contributed by atoms with Gasteiger partial charge in [-0.2, -0.15) is 0 Å². The van der Waals surface area contributed by atoms with E-state index < -0.39 is 19.2 Å². The summed E-state index contributed by atoms with van der Waals surface area (Å²) in [6.45, 7) is 1.24. The number of ether oxygens (including phenoxy) is 1. The highest BCUT2D eigenvalue weighted by atomic mass is 31.2. The van der Waals surface area contributed by atoms with E-state index in [9.17, 15) is 9.36 Å². The van der Waals surface area contributed by atoms with Gasteiger partial charge in [0.15, 0.2) is 12.3 Å². The van der Waals surface area contributed by atoms with Gasteiger partial charge in [0.25, 0.3) is 0 Å². The van der Waals surface area contributed by atoms with Gasteiger partial charge in [-0.05, 0) is 6.92 Å². The van der Waals surface area contributed by atoms with Crippen LogP contribution in [0, 0.1) is 12.3 Å². The largest absolute Gasteiger partial charge is 0.452 e. The lowest BCUT2D eigenvalue weighted by molar-refractivity contribution is -0.141. The zero-order valence-electron chi connectivity index (χ0n) is 8.35. The number of carbonyl (C=O) groups is 1. The molecule has 0 aliphatic heterocycles. The average Bonchev–Trinajstić information content (AvgIpc) is 2.23. The minimum atomic E-state index is -3.41. The van der Waals surface area contributed by atoms with E-state index in [1.54, 1.807) is 0 Å². The van der Waals surface area contributed by atoms with Gasteiger partial charge in [-0.1, -0.05) is 5.92 Å². The number of carbonyl (C=O) groups excluding carboxylic acids is 1. The van der Waals surface area contributed by atoms with Crippen molar-refractivity contribution in [1.82, 2.24) is 0 Å². The first-order chi connectivity index (χ1) is 6.51. The van der Waals surface area contributed by atoms with Crippen molar-refractivity contribution < 1.29 is 23.1 Å². The van der Waals surface area contributed by atoms with E-state index in [1.807, 2.05) is 0 Å². The van der Waals surface area contributed by atoms with Gasteiger partial charge < -0.3 is 13.8 Å². The molecule has 0 heterocycles. The Labute approximate surface area is 83.3 Å². The lowest BCUT2D eigenvalue weighted by atomic mass is 10.5. The molecule has 0 bridgehead atoms. The van der Waals surface area contributed by atoms with Gasteiger partial charge in [0.05, 0.1) is 0 Å². The monoisotopic (exact) mass is 220 g/mol. The summed E-state index contributed by atoms with van der Waals surface area (Å²) >= 11 is 0. The van der Waals surface area contributed by atoms with Crippen LogP contribution in [0.4, 0.5) is 0 Å². The van der Waals surface area contributed by atoms with E-state index in [4.69, 9.17) is 6.42 Å². The molecule has 0 aromatic carbocycles. The molecule has 14 heavy (non-hydrogen) atoms.